The minimum atomic E-state index is 0.931. The first-order valence-electron chi connectivity index (χ1n) is 4.54. The van der Waals surface area contributed by atoms with Crippen molar-refractivity contribution in [2.45, 2.75) is 12.8 Å². The van der Waals surface area contributed by atoms with E-state index in [1.165, 1.54) is 12.0 Å². The molecule has 0 saturated heterocycles. The number of halogens is 1. The largest absolute Gasteiger partial charge is 0.293 e. The number of unbranched alkanes of at least 4 members (excludes halogenated alkanes) is 1. The second-order valence-electron chi connectivity index (χ2n) is 2.84. The van der Waals surface area contributed by atoms with E-state index >= 15 is 0 Å². The minimum Gasteiger partial charge on any atom is -0.293 e. The number of benzene rings is 1. The molecular formula is C11H14BrN. The molecule has 0 saturated carbocycles. The molecule has 0 aromatic heterocycles. The highest BCUT2D eigenvalue weighted by Gasteiger charge is 1.84. The molecule has 0 unspecified atom stereocenters. The van der Waals surface area contributed by atoms with Gasteiger partial charge in [-0.05, 0) is 18.4 Å². The van der Waals surface area contributed by atoms with Crippen LogP contribution in [0.5, 0.6) is 0 Å². The van der Waals surface area contributed by atoms with E-state index in [1.54, 1.807) is 0 Å². The third kappa shape index (κ3) is 4.83. The van der Waals surface area contributed by atoms with Gasteiger partial charge in [0.15, 0.2) is 0 Å². The zero-order valence-corrected chi connectivity index (χ0v) is 9.20. The first kappa shape index (κ1) is 10.5. The van der Waals surface area contributed by atoms with Gasteiger partial charge in [-0.1, -0.05) is 46.3 Å². The molecule has 1 nitrogen and oxygen atoms in total. The summed E-state index contributed by atoms with van der Waals surface area (Å²) < 4.78 is 0. The van der Waals surface area contributed by atoms with E-state index in [4.69, 9.17) is 0 Å². The molecule has 0 amide bonds. The van der Waals surface area contributed by atoms with Gasteiger partial charge in [-0.15, -0.1) is 0 Å². The Labute approximate surface area is 88.0 Å². The minimum absolute atomic E-state index is 0.931. The zero-order chi connectivity index (χ0) is 9.36. The predicted octanol–water partition coefficient (Wildman–Crippen LogP) is 3.28. The SMILES string of the molecule is BrCCCCN=Cc1ccccc1. The third-order valence-corrected chi connectivity index (χ3v) is 2.27. The number of hydrogen-bond acceptors (Lipinski definition) is 1. The molecule has 1 rings (SSSR count). The second-order valence-corrected chi connectivity index (χ2v) is 3.64. The van der Waals surface area contributed by atoms with Crippen LogP contribution in [0.1, 0.15) is 18.4 Å². The fraction of sp³-hybridized carbons (Fsp3) is 0.364. The van der Waals surface area contributed by atoms with E-state index < -0.39 is 0 Å². The van der Waals surface area contributed by atoms with Crippen LogP contribution in [0.2, 0.25) is 0 Å². The van der Waals surface area contributed by atoms with Crippen LogP contribution in [-0.4, -0.2) is 18.1 Å². The van der Waals surface area contributed by atoms with E-state index in [0.717, 1.165) is 18.3 Å². The van der Waals surface area contributed by atoms with E-state index in [1.807, 2.05) is 24.4 Å². The van der Waals surface area contributed by atoms with Gasteiger partial charge in [-0.3, -0.25) is 4.99 Å². The summed E-state index contributed by atoms with van der Waals surface area (Å²) in [5, 5.41) is 1.08. The molecule has 0 aliphatic carbocycles. The number of alkyl halides is 1. The van der Waals surface area contributed by atoms with E-state index in [2.05, 4.69) is 33.1 Å². The van der Waals surface area contributed by atoms with Gasteiger partial charge < -0.3 is 0 Å². The highest BCUT2D eigenvalue weighted by molar-refractivity contribution is 9.09. The van der Waals surface area contributed by atoms with Crippen molar-refractivity contribution < 1.29 is 0 Å². The average molecular weight is 240 g/mol. The molecule has 13 heavy (non-hydrogen) atoms. The Morgan fingerprint density at radius 3 is 2.62 bits per heavy atom. The fourth-order valence-corrected chi connectivity index (χ4v) is 1.40. The highest BCUT2D eigenvalue weighted by Crippen LogP contribution is 1.96. The molecule has 0 fully saturated rings. The second kappa shape index (κ2) is 6.84. The topological polar surface area (TPSA) is 12.4 Å². The summed E-state index contributed by atoms with van der Waals surface area (Å²) in [7, 11) is 0. The number of nitrogens with zero attached hydrogens (tertiary/aromatic N) is 1. The van der Waals surface area contributed by atoms with Crippen LogP contribution in [0.25, 0.3) is 0 Å². The summed E-state index contributed by atoms with van der Waals surface area (Å²) in [6, 6.07) is 10.2. The van der Waals surface area contributed by atoms with Crippen LogP contribution in [0.3, 0.4) is 0 Å². The van der Waals surface area contributed by atoms with Crippen molar-refractivity contribution in [3.63, 3.8) is 0 Å². The van der Waals surface area contributed by atoms with Crippen LogP contribution >= 0.6 is 15.9 Å². The first-order chi connectivity index (χ1) is 6.43. The fourth-order valence-electron chi connectivity index (χ4n) is 1.01. The van der Waals surface area contributed by atoms with Gasteiger partial charge in [0.2, 0.25) is 0 Å². The quantitative estimate of drug-likeness (QED) is 0.425. The van der Waals surface area contributed by atoms with Crippen molar-refractivity contribution in [1.82, 2.24) is 0 Å². The van der Waals surface area contributed by atoms with Crippen LogP contribution in [0.4, 0.5) is 0 Å². The summed E-state index contributed by atoms with van der Waals surface area (Å²) in [6.45, 7) is 0.931. The number of aliphatic imine (C=N–C) groups is 1. The maximum Gasteiger partial charge on any atom is 0.0389 e. The van der Waals surface area contributed by atoms with Gasteiger partial charge in [0.25, 0.3) is 0 Å². The van der Waals surface area contributed by atoms with Crippen LogP contribution < -0.4 is 0 Å². The Bertz CT molecular complexity index is 244. The Balaban J connectivity index is 2.25. The number of rotatable bonds is 5. The molecule has 0 spiro atoms. The smallest absolute Gasteiger partial charge is 0.0389 e. The predicted molar refractivity (Wildman–Crippen MR) is 61.9 cm³/mol. The molecule has 0 atom stereocenters. The normalized spacial score (nSPS) is 10.8. The lowest BCUT2D eigenvalue weighted by atomic mass is 10.2. The lowest BCUT2D eigenvalue weighted by Crippen LogP contribution is -1.85. The Morgan fingerprint density at radius 1 is 1.15 bits per heavy atom. The van der Waals surface area contributed by atoms with Crippen LogP contribution in [0, 0.1) is 0 Å². The summed E-state index contributed by atoms with van der Waals surface area (Å²) >= 11 is 3.39. The van der Waals surface area contributed by atoms with E-state index in [0.29, 0.717) is 0 Å². The molecule has 0 aliphatic rings. The lowest BCUT2D eigenvalue weighted by Gasteiger charge is -1.92. The molecular weight excluding hydrogens is 226 g/mol. The van der Waals surface area contributed by atoms with Gasteiger partial charge in [0.1, 0.15) is 0 Å². The van der Waals surface area contributed by atoms with Gasteiger partial charge >= 0.3 is 0 Å². The van der Waals surface area contributed by atoms with Gasteiger partial charge in [-0.25, -0.2) is 0 Å². The maximum absolute atomic E-state index is 4.33. The number of hydrogen-bond donors (Lipinski definition) is 0. The first-order valence-corrected chi connectivity index (χ1v) is 5.66. The maximum atomic E-state index is 4.33. The molecule has 0 aliphatic heterocycles. The summed E-state index contributed by atoms with van der Waals surface area (Å²) in [4.78, 5) is 4.33. The van der Waals surface area contributed by atoms with Gasteiger partial charge in [0, 0.05) is 18.1 Å². The highest BCUT2D eigenvalue weighted by atomic mass is 79.9. The van der Waals surface area contributed by atoms with Crippen LogP contribution in [-0.2, 0) is 0 Å². The summed E-state index contributed by atoms with van der Waals surface area (Å²) in [5.74, 6) is 0. The molecule has 0 heterocycles. The zero-order valence-electron chi connectivity index (χ0n) is 7.62. The molecule has 0 radical (unpaired) electrons. The molecule has 1 aromatic rings. The summed E-state index contributed by atoms with van der Waals surface area (Å²) in [5.41, 5.74) is 1.18. The van der Waals surface area contributed by atoms with Crippen molar-refractivity contribution in [2.75, 3.05) is 11.9 Å². The van der Waals surface area contributed by atoms with Crippen molar-refractivity contribution in [2.24, 2.45) is 4.99 Å². The van der Waals surface area contributed by atoms with Crippen molar-refractivity contribution >= 4 is 22.1 Å². The molecule has 2 heteroatoms. The molecule has 70 valence electrons. The summed E-state index contributed by atoms with van der Waals surface area (Å²) in [6.07, 6.45) is 4.30. The standard InChI is InChI=1S/C11H14BrN/c12-8-4-5-9-13-10-11-6-2-1-3-7-11/h1-3,6-7,10H,4-5,8-9H2. The van der Waals surface area contributed by atoms with Gasteiger partial charge in [-0.2, -0.15) is 0 Å². The van der Waals surface area contributed by atoms with Crippen molar-refractivity contribution in [1.29, 1.82) is 0 Å². The van der Waals surface area contributed by atoms with E-state index in [9.17, 15) is 0 Å². The Hall–Kier alpha value is -0.630. The monoisotopic (exact) mass is 239 g/mol. The van der Waals surface area contributed by atoms with Crippen molar-refractivity contribution in [3.8, 4) is 0 Å². The van der Waals surface area contributed by atoms with E-state index in [-0.39, 0.29) is 0 Å². The van der Waals surface area contributed by atoms with Gasteiger partial charge in [0.05, 0.1) is 0 Å². The van der Waals surface area contributed by atoms with Crippen LogP contribution in [0.15, 0.2) is 35.3 Å². The Kier molecular flexibility index (Phi) is 5.50. The third-order valence-electron chi connectivity index (χ3n) is 1.71. The molecule has 0 bridgehead atoms. The molecule has 1 aromatic carbocycles. The molecule has 0 N–H and O–H groups in total. The average Bonchev–Trinajstić information content (AvgIpc) is 2.19. The Morgan fingerprint density at radius 2 is 1.92 bits per heavy atom. The lowest BCUT2D eigenvalue weighted by molar-refractivity contribution is 0.821. The van der Waals surface area contributed by atoms with Crippen molar-refractivity contribution in [3.05, 3.63) is 35.9 Å².